The van der Waals surface area contributed by atoms with Crippen LogP contribution in [0.4, 0.5) is 14.5 Å². The molecule has 2 aromatic carbocycles. The third-order valence-corrected chi connectivity index (χ3v) is 2.72. The first-order chi connectivity index (χ1) is 10.4. The molecule has 0 atom stereocenters. The van der Waals surface area contributed by atoms with E-state index < -0.39 is 23.5 Å². The number of nitrogens with two attached hydrogens (primary N) is 2. The Hall–Kier alpha value is -3.00. The van der Waals surface area contributed by atoms with Crippen LogP contribution in [0.2, 0.25) is 0 Å². The summed E-state index contributed by atoms with van der Waals surface area (Å²) < 4.78 is 26.6. The molecular formula is C14H11F2N3O3. The van der Waals surface area contributed by atoms with E-state index >= 15 is 0 Å². The van der Waals surface area contributed by atoms with Gasteiger partial charge in [0, 0.05) is 5.69 Å². The van der Waals surface area contributed by atoms with E-state index in [9.17, 15) is 18.4 Å². The van der Waals surface area contributed by atoms with Crippen molar-refractivity contribution in [3.63, 3.8) is 0 Å². The topological polar surface area (TPSA) is 98.7 Å². The summed E-state index contributed by atoms with van der Waals surface area (Å²) in [5.74, 6) is 1.51. The van der Waals surface area contributed by atoms with Crippen LogP contribution >= 0.6 is 0 Å². The highest BCUT2D eigenvalue weighted by Gasteiger charge is 2.22. The zero-order valence-corrected chi connectivity index (χ0v) is 11.1. The van der Waals surface area contributed by atoms with Gasteiger partial charge in [-0.05, 0) is 30.3 Å². The number of nitrogens with zero attached hydrogens (tertiary/aromatic N) is 1. The number of halogens is 2. The maximum atomic E-state index is 13.5. The second-order valence-electron chi connectivity index (χ2n) is 4.22. The highest BCUT2D eigenvalue weighted by atomic mass is 19.1. The number of anilines is 1. The third-order valence-electron chi connectivity index (χ3n) is 2.72. The normalized spacial score (nSPS) is 10.1. The fraction of sp³-hybridized carbons (Fsp3) is 0. The summed E-state index contributed by atoms with van der Waals surface area (Å²) in [4.78, 5) is 28.2. The highest BCUT2D eigenvalue weighted by molar-refractivity contribution is 5.98. The van der Waals surface area contributed by atoms with Gasteiger partial charge in [-0.3, -0.25) is 4.79 Å². The number of nitrogen functional groups attached to an aromatic ring is 1. The van der Waals surface area contributed by atoms with Gasteiger partial charge in [0.2, 0.25) is 0 Å². The zero-order chi connectivity index (χ0) is 16.3. The van der Waals surface area contributed by atoms with E-state index in [-0.39, 0.29) is 22.0 Å². The zero-order valence-electron chi connectivity index (χ0n) is 11.1. The lowest BCUT2D eigenvalue weighted by atomic mass is 10.2. The van der Waals surface area contributed by atoms with Crippen molar-refractivity contribution in [2.24, 2.45) is 5.84 Å². The smallest absolute Gasteiger partial charge is 0.367 e. The van der Waals surface area contributed by atoms with Crippen LogP contribution < -0.4 is 11.6 Å². The van der Waals surface area contributed by atoms with Crippen molar-refractivity contribution in [3.05, 3.63) is 65.2 Å². The minimum Gasteiger partial charge on any atom is -0.398 e. The highest BCUT2D eigenvalue weighted by Crippen LogP contribution is 2.15. The molecule has 0 aliphatic carbocycles. The van der Waals surface area contributed by atoms with E-state index in [2.05, 4.69) is 4.84 Å². The monoisotopic (exact) mass is 307 g/mol. The maximum Gasteiger partial charge on any atom is 0.367 e. The SMILES string of the molecule is Nc1ccc(F)cc1C(=O)ON(N)C(=O)c1ccccc1F. The van der Waals surface area contributed by atoms with Crippen molar-refractivity contribution in [1.82, 2.24) is 5.17 Å². The minimum absolute atomic E-state index is 0.0573. The van der Waals surface area contributed by atoms with Gasteiger partial charge in [-0.1, -0.05) is 17.3 Å². The summed E-state index contributed by atoms with van der Waals surface area (Å²) in [5, 5.41) is 0.0606. The number of hydrogen-bond donors (Lipinski definition) is 2. The molecule has 0 saturated heterocycles. The predicted molar refractivity (Wildman–Crippen MR) is 73.0 cm³/mol. The molecule has 4 N–H and O–H groups in total. The molecule has 0 radical (unpaired) electrons. The average molecular weight is 307 g/mol. The number of benzene rings is 2. The molecule has 0 aliphatic rings. The summed E-state index contributed by atoms with van der Waals surface area (Å²) in [6.07, 6.45) is 0. The van der Waals surface area contributed by atoms with Crippen molar-refractivity contribution < 1.29 is 23.2 Å². The Morgan fingerprint density at radius 1 is 1.05 bits per heavy atom. The predicted octanol–water partition coefficient (Wildman–Crippen LogP) is 1.63. The minimum atomic E-state index is -1.15. The van der Waals surface area contributed by atoms with Crippen LogP contribution in [0.5, 0.6) is 0 Å². The fourth-order valence-electron chi connectivity index (χ4n) is 1.64. The van der Waals surface area contributed by atoms with Gasteiger partial charge in [-0.2, -0.15) is 0 Å². The van der Waals surface area contributed by atoms with Crippen molar-refractivity contribution in [3.8, 4) is 0 Å². The van der Waals surface area contributed by atoms with E-state index in [4.69, 9.17) is 11.6 Å². The number of carbonyl (C=O) groups is 2. The molecule has 8 heteroatoms. The van der Waals surface area contributed by atoms with E-state index in [1.54, 1.807) is 0 Å². The molecule has 0 aliphatic heterocycles. The van der Waals surface area contributed by atoms with E-state index in [0.717, 1.165) is 24.3 Å². The molecule has 0 heterocycles. The van der Waals surface area contributed by atoms with Crippen molar-refractivity contribution >= 4 is 17.6 Å². The van der Waals surface area contributed by atoms with Crippen molar-refractivity contribution in [1.29, 1.82) is 0 Å². The second-order valence-corrected chi connectivity index (χ2v) is 4.22. The molecule has 2 aromatic rings. The van der Waals surface area contributed by atoms with Gasteiger partial charge < -0.3 is 10.6 Å². The summed E-state index contributed by atoms with van der Waals surface area (Å²) in [7, 11) is 0. The first-order valence-electron chi connectivity index (χ1n) is 6.01. The Morgan fingerprint density at radius 2 is 1.73 bits per heavy atom. The molecule has 114 valence electrons. The Bertz CT molecular complexity index is 737. The number of carbonyl (C=O) groups excluding carboxylic acids is 2. The van der Waals surface area contributed by atoms with Crippen molar-refractivity contribution in [2.45, 2.75) is 0 Å². The summed E-state index contributed by atoms with van der Waals surface area (Å²) in [6.45, 7) is 0. The molecule has 0 aromatic heterocycles. The number of rotatable bonds is 2. The second kappa shape index (κ2) is 6.19. The summed E-state index contributed by atoms with van der Waals surface area (Å²) in [6, 6.07) is 8.06. The molecule has 22 heavy (non-hydrogen) atoms. The number of hydrogen-bond acceptors (Lipinski definition) is 5. The maximum absolute atomic E-state index is 13.5. The Kier molecular flexibility index (Phi) is 4.33. The van der Waals surface area contributed by atoms with Crippen LogP contribution in [-0.4, -0.2) is 17.0 Å². The fourth-order valence-corrected chi connectivity index (χ4v) is 1.64. The summed E-state index contributed by atoms with van der Waals surface area (Å²) in [5.41, 5.74) is 4.76. The molecular weight excluding hydrogens is 296 g/mol. The lowest BCUT2D eigenvalue weighted by Gasteiger charge is -2.16. The summed E-state index contributed by atoms with van der Waals surface area (Å²) >= 11 is 0. The quantitative estimate of drug-likeness (QED) is 0.380. The Labute approximate surface area is 123 Å². The molecule has 0 fully saturated rings. The molecule has 1 amide bonds. The number of amides is 1. The van der Waals surface area contributed by atoms with E-state index in [1.165, 1.54) is 18.2 Å². The molecule has 0 spiro atoms. The first kappa shape index (κ1) is 15.4. The van der Waals surface area contributed by atoms with Gasteiger partial charge in [0.15, 0.2) is 0 Å². The van der Waals surface area contributed by atoms with Gasteiger partial charge in [0.05, 0.1) is 11.1 Å². The van der Waals surface area contributed by atoms with Gasteiger partial charge in [-0.25, -0.2) is 19.4 Å². The van der Waals surface area contributed by atoms with Crippen LogP contribution in [0.1, 0.15) is 20.7 Å². The van der Waals surface area contributed by atoms with E-state index in [0.29, 0.717) is 0 Å². The Balaban J connectivity index is 2.16. The van der Waals surface area contributed by atoms with Crippen LogP contribution in [0.15, 0.2) is 42.5 Å². The van der Waals surface area contributed by atoms with Crippen LogP contribution in [-0.2, 0) is 4.84 Å². The lowest BCUT2D eigenvalue weighted by molar-refractivity contribution is -0.0830. The molecule has 0 bridgehead atoms. The van der Waals surface area contributed by atoms with Gasteiger partial charge in [-0.15, -0.1) is 0 Å². The molecule has 0 saturated carbocycles. The molecule has 6 nitrogen and oxygen atoms in total. The van der Waals surface area contributed by atoms with Gasteiger partial charge in [0.25, 0.3) is 0 Å². The lowest BCUT2D eigenvalue weighted by Crippen LogP contribution is -2.39. The largest absolute Gasteiger partial charge is 0.398 e. The first-order valence-corrected chi connectivity index (χ1v) is 6.01. The van der Waals surface area contributed by atoms with E-state index in [1.807, 2.05) is 0 Å². The number of hydrazine groups is 1. The van der Waals surface area contributed by atoms with Crippen LogP contribution in [0.25, 0.3) is 0 Å². The number of hydroxylamine groups is 1. The molecule has 2 rings (SSSR count). The van der Waals surface area contributed by atoms with Gasteiger partial charge >= 0.3 is 11.9 Å². The van der Waals surface area contributed by atoms with Crippen LogP contribution in [0.3, 0.4) is 0 Å². The third kappa shape index (κ3) is 3.18. The van der Waals surface area contributed by atoms with Crippen LogP contribution in [0, 0.1) is 11.6 Å². The standard InChI is InChI=1S/C14H11F2N3O3/c15-8-5-6-12(17)10(7-8)14(21)22-19(18)13(20)9-3-1-2-4-11(9)16/h1-7H,17-18H2. The van der Waals surface area contributed by atoms with Gasteiger partial charge in [0.1, 0.15) is 11.6 Å². The Morgan fingerprint density at radius 3 is 2.41 bits per heavy atom. The van der Waals surface area contributed by atoms with Crippen molar-refractivity contribution in [2.75, 3.05) is 5.73 Å². The average Bonchev–Trinajstić information content (AvgIpc) is 2.49. The molecule has 0 unspecified atom stereocenters.